The normalized spacial score (nSPS) is 15.9. The van der Waals surface area contributed by atoms with Gasteiger partial charge in [0.15, 0.2) is 0 Å². The van der Waals surface area contributed by atoms with Gasteiger partial charge in [0.25, 0.3) is 0 Å². The van der Waals surface area contributed by atoms with Gasteiger partial charge in [0, 0.05) is 55.0 Å². The number of hydrogen-bond acceptors (Lipinski definition) is 2. The Hall–Kier alpha value is -6.78. The Kier molecular flexibility index (Phi) is 6.29. The largest absolute Gasteiger partial charge is 0.456 e. The third-order valence-electron chi connectivity index (χ3n) is 15.5. The monoisotopic (exact) mass is 796 g/mol. The van der Waals surface area contributed by atoms with Gasteiger partial charge in [0.05, 0.1) is 11.0 Å². The van der Waals surface area contributed by atoms with Crippen LogP contribution < -0.4 is 15.7 Å². The van der Waals surface area contributed by atoms with Crippen LogP contribution >= 0.6 is 0 Å². The molecule has 0 amide bonds. The molecule has 10 aromatic rings. The second-order valence-corrected chi connectivity index (χ2v) is 20.5. The van der Waals surface area contributed by atoms with Crippen LogP contribution in [-0.4, -0.2) is 11.4 Å². The van der Waals surface area contributed by atoms with Crippen molar-refractivity contribution in [2.75, 3.05) is 4.81 Å². The zero-order valence-electron chi connectivity index (χ0n) is 36.2. The number of benzene rings is 8. The molecule has 0 spiro atoms. The Morgan fingerprint density at radius 2 is 1.23 bits per heavy atom. The molecule has 14 rings (SSSR count). The minimum atomic E-state index is -0.131. The number of furan rings is 1. The fourth-order valence-corrected chi connectivity index (χ4v) is 12.5. The molecule has 2 aliphatic heterocycles. The molecule has 296 valence electrons. The molecule has 0 bridgehead atoms. The lowest BCUT2D eigenvalue weighted by Gasteiger charge is -2.42. The van der Waals surface area contributed by atoms with Gasteiger partial charge < -0.3 is 13.8 Å². The topological polar surface area (TPSA) is 21.3 Å². The third-order valence-corrected chi connectivity index (χ3v) is 15.5. The maximum atomic E-state index is 6.77. The summed E-state index contributed by atoms with van der Waals surface area (Å²) < 4.78 is 9.40. The van der Waals surface area contributed by atoms with Crippen LogP contribution in [0.15, 0.2) is 150 Å². The van der Waals surface area contributed by atoms with Gasteiger partial charge in [-0.3, -0.25) is 0 Å². The highest BCUT2D eigenvalue weighted by molar-refractivity contribution is 6.94. The predicted molar refractivity (Wildman–Crippen MR) is 261 cm³/mol. The minimum Gasteiger partial charge on any atom is -0.456 e. The summed E-state index contributed by atoms with van der Waals surface area (Å²) in [6.07, 6.45) is 0. The molecule has 8 aromatic carbocycles. The number of rotatable bonds is 1. The van der Waals surface area contributed by atoms with Crippen LogP contribution in [0.1, 0.15) is 76.3 Å². The highest BCUT2D eigenvalue weighted by Gasteiger charge is 2.47. The number of nitrogens with zero attached hydrogens (tertiary/aromatic N) is 2. The summed E-state index contributed by atoms with van der Waals surface area (Å²) in [4.78, 5) is 2.68. The van der Waals surface area contributed by atoms with Crippen molar-refractivity contribution in [3.8, 4) is 39.1 Å². The molecule has 0 fully saturated rings. The molecule has 4 heterocycles. The van der Waals surface area contributed by atoms with Crippen LogP contribution in [0.2, 0.25) is 0 Å². The Bertz CT molecular complexity index is 3680. The quantitative estimate of drug-likeness (QED) is 0.154. The second-order valence-electron chi connectivity index (χ2n) is 20.5. The molecular formula is C58H45BN2O. The summed E-state index contributed by atoms with van der Waals surface area (Å²) in [5.41, 5.74) is 25.4. The first-order chi connectivity index (χ1) is 29.9. The highest BCUT2D eigenvalue weighted by atomic mass is 16.3. The Balaban J connectivity index is 1.17. The first-order valence-electron chi connectivity index (χ1n) is 22.3. The summed E-state index contributed by atoms with van der Waals surface area (Å²) in [7, 11) is 0. The van der Waals surface area contributed by atoms with E-state index in [-0.39, 0.29) is 23.1 Å². The minimum absolute atomic E-state index is 0.0337. The van der Waals surface area contributed by atoms with Crippen LogP contribution in [0.3, 0.4) is 0 Å². The predicted octanol–water partition coefficient (Wildman–Crippen LogP) is 13.8. The lowest BCUT2D eigenvalue weighted by atomic mass is 9.44. The van der Waals surface area contributed by atoms with Gasteiger partial charge in [-0.05, 0) is 121 Å². The number of fused-ring (bicyclic) bond motifs is 18. The van der Waals surface area contributed by atoms with Crippen molar-refractivity contribution >= 4 is 72.9 Å². The van der Waals surface area contributed by atoms with E-state index in [0.29, 0.717) is 0 Å². The smallest absolute Gasteiger partial charge is 0.333 e. The molecule has 2 aliphatic carbocycles. The molecule has 0 N–H and O–H groups in total. The van der Waals surface area contributed by atoms with E-state index in [0.717, 1.165) is 21.9 Å². The first-order valence-corrected chi connectivity index (χ1v) is 22.3. The van der Waals surface area contributed by atoms with E-state index >= 15 is 0 Å². The summed E-state index contributed by atoms with van der Waals surface area (Å²) in [6.45, 7) is 16.4. The van der Waals surface area contributed by atoms with E-state index in [9.17, 15) is 0 Å². The summed E-state index contributed by atoms with van der Waals surface area (Å²) >= 11 is 0. The van der Waals surface area contributed by atoms with Crippen molar-refractivity contribution in [1.29, 1.82) is 0 Å². The standard InChI is InChI=1S/C58H45BN2O/c1-56(2,3)32-20-22-33(23-21-32)61-48-29-39-34-14-8-11-17-42(34)58(6,7)45(39)28-40(48)36-24-25-38-53-47(27-26-44-52(53)37-16-9-12-18-43(37)57(44,4)5)60-49-30-41-35-15-10-13-19-50(35)62-51(41)31-46(49)59(61)54(36)55(38)60/h8-31H,1-7H3. The lowest BCUT2D eigenvalue weighted by Crippen LogP contribution is -2.60. The van der Waals surface area contributed by atoms with Gasteiger partial charge in [-0.2, -0.15) is 0 Å². The van der Waals surface area contributed by atoms with Crippen LogP contribution in [0, 0.1) is 0 Å². The molecule has 62 heavy (non-hydrogen) atoms. The van der Waals surface area contributed by atoms with Gasteiger partial charge in [-0.25, -0.2) is 0 Å². The van der Waals surface area contributed by atoms with Gasteiger partial charge in [-0.1, -0.05) is 146 Å². The van der Waals surface area contributed by atoms with Crippen LogP contribution in [0.4, 0.5) is 11.4 Å². The first kappa shape index (κ1) is 34.9. The second kappa shape index (κ2) is 11.2. The maximum absolute atomic E-state index is 6.77. The Labute approximate surface area is 362 Å². The molecule has 0 radical (unpaired) electrons. The van der Waals surface area contributed by atoms with Gasteiger partial charge in [0.2, 0.25) is 0 Å². The molecular weight excluding hydrogens is 751 g/mol. The van der Waals surface area contributed by atoms with E-state index in [1.54, 1.807) is 0 Å². The third kappa shape index (κ3) is 4.10. The number of para-hydroxylation sites is 1. The highest BCUT2D eigenvalue weighted by Crippen LogP contribution is 2.57. The number of anilines is 2. The molecule has 0 atom stereocenters. The molecule has 0 saturated carbocycles. The molecule has 3 nitrogen and oxygen atoms in total. The lowest BCUT2D eigenvalue weighted by molar-refractivity contribution is 0.590. The van der Waals surface area contributed by atoms with E-state index < -0.39 is 0 Å². The van der Waals surface area contributed by atoms with Crippen molar-refractivity contribution < 1.29 is 4.42 Å². The summed E-state index contributed by atoms with van der Waals surface area (Å²) in [5.74, 6) is 0. The fourth-order valence-electron chi connectivity index (χ4n) is 12.5. The van der Waals surface area contributed by atoms with Crippen molar-refractivity contribution in [2.45, 2.75) is 64.7 Å². The zero-order valence-corrected chi connectivity index (χ0v) is 36.2. The summed E-state index contributed by atoms with van der Waals surface area (Å²) in [5, 5.41) is 4.96. The zero-order chi connectivity index (χ0) is 41.8. The average molecular weight is 797 g/mol. The SMILES string of the molecule is CC(C)(C)c1ccc(N2B3c4cc5oc6ccccc6c5cc4-n4c5ccc6c(c5c5ccc(c3c54)-c3cc4c(cc32)-c2ccccc2C4(C)C)-c2ccccc2C6(C)C)cc1. The van der Waals surface area contributed by atoms with E-state index in [4.69, 9.17) is 4.42 Å². The fraction of sp³-hybridized carbons (Fsp3) is 0.172. The molecule has 4 heteroatoms. The van der Waals surface area contributed by atoms with Gasteiger partial charge >= 0.3 is 6.85 Å². The van der Waals surface area contributed by atoms with Gasteiger partial charge in [-0.15, -0.1) is 0 Å². The molecule has 2 aromatic heterocycles. The van der Waals surface area contributed by atoms with Crippen molar-refractivity contribution in [1.82, 2.24) is 4.57 Å². The number of aromatic nitrogens is 1. The van der Waals surface area contributed by atoms with Crippen molar-refractivity contribution in [3.63, 3.8) is 0 Å². The van der Waals surface area contributed by atoms with Crippen LogP contribution in [0.25, 0.3) is 82.8 Å². The van der Waals surface area contributed by atoms with E-state index in [1.165, 1.54) is 111 Å². The Morgan fingerprint density at radius 1 is 0.516 bits per heavy atom. The summed E-state index contributed by atoms with van der Waals surface area (Å²) in [6, 6.07) is 55.8. The van der Waals surface area contributed by atoms with Crippen molar-refractivity contribution in [2.24, 2.45) is 0 Å². The van der Waals surface area contributed by atoms with E-state index in [1.807, 2.05) is 0 Å². The Morgan fingerprint density at radius 3 is 2.02 bits per heavy atom. The van der Waals surface area contributed by atoms with Gasteiger partial charge in [0.1, 0.15) is 11.2 Å². The van der Waals surface area contributed by atoms with E-state index in [2.05, 4.69) is 203 Å². The average Bonchev–Trinajstić information content (AvgIpc) is 3.95. The van der Waals surface area contributed by atoms with Crippen molar-refractivity contribution in [3.05, 3.63) is 173 Å². The van der Waals surface area contributed by atoms with Crippen LogP contribution in [0.5, 0.6) is 0 Å². The molecule has 0 unspecified atom stereocenters. The number of hydrogen-bond donors (Lipinski definition) is 0. The maximum Gasteiger partial charge on any atom is 0.333 e. The van der Waals surface area contributed by atoms with Crippen LogP contribution in [-0.2, 0) is 16.2 Å². The molecule has 4 aliphatic rings. The molecule has 0 saturated heterocycles.